The van der Waals surface area contributed by atoms with E-state index >= 15 is 0 Å². The van der Waals surface area contributed by atoms with Gasteiger partial charge in [-0.05, 0) is 51.3 Å². The molecule has 3 rings (SSSR count). The summed E-state index contributed by atoms with van der Waals surface area (Å²) in [5, 5.41) is 2.78. The molecule has 0 aliphatic rings. The van der Waals surface area contributed by atoms with Crippen molar-refractivity contribution >= 4 is 23.8 Å². The zero-order chi connectivity index (χ0) is 26.4. The highest BCUT2D eigenvalue weighted by atomic mass is 32.2. The highest BCUT2D eigenvalue weighted by Crippen LogP contribution is 2.54. The minimum atomic E-state index is -0.974. The first-order valence-electron chi connectivity index (χ1n) is 11.9. The molecule has 0 bridgehead atoms. The molecule has 0 heterocycles. The average molecular weight is 506 g/mol. The van der Waals surface area contributed by atoms with Gasteiger partial charge < -0.3 is 14.8 Å². The number of amides is 1. The number of carbonyl (C=O) groups excluding carboxylic acids is 2. The Hall–Kier alpha value is -3.25. The molecule has 5 nitrogen and oxygen atoms in total. The van der Waals surface area contributed by atoms with Crippen LogP contribution in [-0.2, 0) is 19.0 Å². The standard InChI is InChI=1S/C30H35NO4S/c1-28(2,3)35-27(33)31-25(26(32)34-6)29(4,5)36-30(22-16-10-7-11-17-22,23-18-12-8-13-19-23)24-20-14-9-15-21-24/h7-21,25H,1-6H3,(H,31,33)/t25-/m0/s1. The molecule has 3 aromatic rings. The number of benzene rings is 3. The van der Waals surface area contributed by atoms with Crippen LogP contribution in [0.2, 0.25) is 0 Å². The highest BCUT2D eigenvalue weighted by Gasteiger charge is 2.48. The first-order chi connectivity index (χ1) is 17.0. The lowest BCUT2D eigenvalue weighted by Crippen LogP contribution is -2.55. The number of alkyl carbamates (subject to hydrolysis) is 1. The Morgan fingerprint density at radius 3 is 1.44 bits per heavy atom. The third-order valence-electron chi connectivity index (χ3n) is 5.75. The van der Waals surface area contributed by atoms with E-state index in [1.807, 2.05) is 68.4 Å². The molecule has 1 atom stereocenters. The molecule has 0 aliphatic heterocycles. The summed E-state index contributed by atoms with van der Waals surface area (Å²) in [4.78, 5) is 25.8. The first kappa shape index (κ1) is 27.3. The van der Waals surface area contributed by atoms with Crippen molar-refractivity contribution in [1.29, 1.82) is 0 Å². The van der Waals surface area contributed by atoms with Crippen LogP contribution in [0.4, 0.5) is 4.79 Å². The van der Waals surface area contributed by atoms with Crippen molar-refractivity contribution in [2.45, 2.75) is 55.8 Å². The van der Waals surface area contributed by atoms with Crippen LogP contribution in [0, 0.1) is 0 Å². The van der Waals surface area contributed by atoms with Gasteiger partial charge in [0, 0.05) is 4.75 Å². The number of methoxy groups -OCH3 is 1. The number of esters is 1. The van der Waals surface area contributed by atoms with E-state index < -0.39 is 33.2 Å². The normalized spacial score (nSPS) is 12.9. The van der Waals surface area contributed by atoms with Crippen molar-refractivity contribution in [3.63, 3.8) is 0 Å². The number of carbonyl (C=O) groups is 2. The Bertz CT molecular complexity index is 1050. The van der Waals surface area contributed by atoms with Crippen molar-refractivity contribution in [3.05, 3.63) is 108 Å². The van der Waals surface area contributed by atoms with Crippen LogP contribution in [-0.4, -0.2) is 35.6 Å². The lowest BCUT2D eigenvalue weighted by atomic mass is 9.84. The third kappa shape index (κ3) is 6.30. The van der Waals surface area contributed by atoms with Crippen LogP contribution in [0.5, 0.6) is 0 Å². The minimum Gasteiger partial charge on any atom is -0.467 e. The molecule has 0 spiro atoms. The molecule has 1 amide bonds. The Kier molecular flexibility index (Phi) is 8.51. The topological polar surface area (TPSA) is 64.6 Å². The van der Waals surface area contributed by atoms with Crippen molar-refractivity contribution in [2.24, 2.45) is 0 Å². The van der Waals surface area contributed by atoms with Gasteiger partial charge in [0.25, 0.3) is 0 Å². The van der Waals surface area contributed by atoms with E-state index in [-0.39, 0.29) is 0 Å². The maximum absolute atomic E-state index is 13.0. The molecule has 3 aromatic carbocycles. The fourth-order valence-electron chi connectivity index (χ4n) is 4.21. The Morgan fingerprint density at radius 2 is 1.11 bits per heavy atom. The van der Waals surface area contributed by atoms with Gasteiger partial charge in [0.15, 0.2) is 0 Å². The average Bonchev–Trinajstić information content (AvgIpc) is 2.86. The van der Waals surface area contributed by atoms with Crippen LogP contribution >= 0.6 is 11.8 Å². The lowest BCUT2D eigenvalue weighted by Gasteiger charge is -2.43. The number of hydrogen-bond acceptors (Lipinski definition) is 5. The quantitative estimate of drug-likeness (QED) is 0.278. The van der Waals surface area contributed by atoms with Gasteiger partial charge in [0.2, 0.25) is 0 Å². The van der Waals surface area contributed by atoms with E-state index in [9.17, 15) is 9.59 Å². The van der Waals surface area contributed by atoms with Crippen molar-refractivity contribution < 1.29 is 19.1 Å². The molecule has 36 heavy (non-hydrogen) atoms. The summed E-state index contributed by atoms with van der Waals surface area (Å²) in [6, 6.07) is 29.6. The zero-order valence-corrected chi connectivity index (χ0v) is 22.6. The van der Waals surface area contributed by atoms with Gasteiger partial charge in [-0.15, -0.1) is 11.8 Å². The van der Waals surface area contributed by atoms with Crippen molar-refractivity contribution in [1.82, 2.24) is 5.32 Å². The third-order valence-corrected chi connectivity index (χ3v) is 7.53. The van der Waals surface area contributed by atoms with E-state index in [1.54, 1.807) is 32.5 Å². The summed E-state index contributed by atoms with van der Waals surface area (Å²) < 4.78 is 9.10. The predicted octanol–water partition coefficient (Wildman–Crippen LogP) is 6.56. The molecule has 0 radical (unpaired) electrons. The first-order valence-corrected chi connectivity index (χ1v) is 12.8. The van der Waals surface area contributed by atoms with E-state index in [0.29, 0.717) is 0 Å². The summed E-state index contributed by atoms with van der Waals surface area (Å²) in [6.45, 7) is 9.24. The maximum atomic E-state index is 13.0. The fraction of sp³-hybridized carbons (Fsp3) is 0.333. The monoisotopic (exact) mass is 505 g/mol. The molecule has 6 heteroatoms. The van der Waals surface area contributed by atoms with E-state index in [2.05, 4.69) is 41.7 Å². The molecule has 0 aromatic heterocycles. The van der Waals surface area contributed by atoms with Gasteiger partial charge >= 0.3 is 12.1 Å². The number of ether oxygens (including phenoxy) is 2. The number of hydrogen-bond donors (Lipinski definition) is 1. The van der Waals surface area contributed by atoms with Gasteiger partial charge in [-0.3, -0.25) is 0 Å². The smallest absolute Gasteiger partial charge is 0.408 e. The van der Waals surface area contributed by atoms with E-state index in [1.165, 1.54) is 7.11 Å². The molecule has 0 aliphatic carbocycles. The summed E-state index contributed by atoms with van der Waals surface area (Å²) in [5.41, 5.74) is 2.47. The minimum absolute atomic E-state index is 0.540. The predicted molar refractivity (Wildman–Crippen MR) is 146 cm³/mol. The van der Waals surface area contributed by atoms with Crippen LogP contribution in [0.1, 0.15) is 51.3 Å². The maximum Gasteiger partial charge on any atom is 0.408 e. The van der Waals surface area contributed by atoms with E-state index in [4.69, 9.17) is 9.47 Å². The lowest BCUT2D eigenvalue weighted by molar-refractivity contribution is -0.143. The SMILES string of the molecule is COC(=O)[C@H](NC(=O)OC(C)(C)C)C(C)(C)SC(c1ccccc1)(c1ccccc1)c1ccccc1. The summed E-state index contributed by atoms with van der Waals surface area (Å²) in [6.07, 6.45) is -0.670. The zero-order valence-electron chi connectivity index (χ0n) is 21.8. The summed E-state index contributed by atoms with van der Waals surface area (Å²) >= 11 is 1.59. The van der Waals surface area contributed by atoms with Crippen LogP contribution in [0.15, 0.2) is 91.0 Å². The fourth-order valence-corrected chi connectivity index (χ4v) is 6.03. The Balaban J connectivity index is 2.18. The van der Waals surface area contributed by atoms with Gasteiger partial charge in [0.05, 0.1) is 11.9 Å². The van der Waals surface area contributed by atoms with Gasteiger partial charge in [-0.2, -0.15) is 0 Å². The Morgan fingerprint density at radius 1 is 0.722 bits per heavy atom. The second-order valence-electron chi connectivity index (χ2n) is 10.1. The van der Waals surface area contributed by atoms with Gasteiger partial charge in [-0.25, -0.2) is 9.59 Å². The molecule has 0 unspecified atom stereocenters. The number of rotatable bonds is 8. The highest BCUT2D eigenvalue weighted by molar-refractivity contribution is 8.02. The Labute approximate surface area is 218 Å². The molecular weight excluding hydrogens is 470 g/mol. The molecule has 0 saturated heterocycles. The summed E-state index contributed by atoms with van der Waals surface area (Å²) in [5.74, 6) is -0.540. The molecule has 190 valence electrons. The van der Waals surface area contributed by atoms with Gasteiger partial charge in [0.1, 0.15) is 11.6 Å². The van der Waals surface area contributed by atoms with Crippen LogP contribution in [0.3, 0.4) is 0 Å². The van der Waals surface area contributed by atoms with Crippen LogP contribution < -0.4 is 5.32 Å². The number of nitrogens with one attached hydrogen (secondary N) is 1. The molecular formula is C30H35NO4S. The van der Waals surface area contributed by atoms with Gasteiger partial charge in [-0.1, -0.05) is 91.0 Å². The summed E-state index contributed by atoms with van der Waals surface area (Å²) in [7, 11) is 1.33. The second kappa shape index (κ2) is 11.2. The van der Waals surface area contributed by atoms with Crippen molar-refractivity contribution in [2.75, 3.05) is 7.11 Å². The molecule has 1 N–H and O–H groups in total. The number of thioether (sulfide) groups is 1. The second-order valence-corrected chi connectivity index (χ2v) is 12.0. The largest absolute Gasteiger partial charge is 0.467 e. The van der Waals surface area contributed by atoms with E-state index in [0.717, 1.165) is 16.7 Å². The molecule has 0 saturated carbocycles. The van der Waals surface area contributed by atoms with Crippen molar-refractivity contribution in [3.8, 4) is 0 Å². The van der Waals surface area contributed by atoms with Crippen LogP contribution in [0.25, 0.3) is 0 Å². The molecule has 0 fully saturated rings.